The first-order valence-corrected chi connectivity index (χ1v) is 5.77. The largest absolute Gasteiger partial charge is 0.340 e. The van der Waals surface area contributed by atoms with Crippen LogP contribution < -0.4 is 0 Å². The van der Waals surface area contributed by atoms with Gasteiger partial charge in [0.1, 0.15) is 11.4 Å². The van der Waals surface area contributed by atoms with Crippen LogP contribution in [0.15, 0.2) is 47.4 Å². The number of aryl methyl sites for hydroxylation is 2. The van der Waals surface area contributed by atoms with Gasteiger partial charge in [-0.3, -0.25) is 4.98 Å². The zero-order valence-corrected chi connectivity index (χ0v) is 11.0. The van der Waals surface area contributed by atoms with Crippen molar-refractivity contribution in [3.05, 3.63) is 43.0 Å². The van der Waals surface area contributed by atoms with Crippen LogP contribution in [0.25, 0.3) is 11.4 Å². The van der Waals surface area contributed by atoms with Crippen LogP contribution in [0.5, 0.6) is 0 Å². The van der Waals surface area contributed by atoms with Gasteiger partial charge in [-0.25, -0.2) is 15.0 Å². The number of nitrogens with zero attached hydrogens (tertiary/aromatic N) is 5. The van der Waals surface area contributed by atoms with Crippen LogP contribution in [0.4, 0.5) is 5.69 Å². The molecule has 0 bridgehead atoms. The summed E-state index contributed by atoms with van der Waals surface area (Å²) >= 11 is 0. The van der Waals surface area contributed by atoms with E-state index in [0.717, 1.165) is 22.6 Å². The van der Waals surface area contributed by atoms with E-state index in [-0.39, 0.29) is 0 Å². The highest BCUT2D eigenvalue weighted by Crippen LogP contribution is 2.30. The number of amidine groups is 1. The topological polar surface area (TPSA) is 55.4 Å². The molecule has 19 heavy (non-hydrogen) atoms. The van der Waals surface area contributed by atoms with Crippen molar-refractivity contribution in [2.75, 3.05) is 0 Å². The predicted molar refractivity (Wildman–Crippen MR) is 78.0 cm³/mol. The summed E-state index contributed by atoms with van der Waals surface area (Å²) in [5, 5.41) is 0. The molecule has 0 spiro atoms. The molecule has 2 heterocycles. The Kier molecular flexibility index (Phi) is 3.66. The molecule has 2 aromatic heterocycles. The average molecular weight is 253 g/mol. The van der Waals surface area contributed by atoms with Gasteiger partial charge in [-0.05, 0) is 31.3 Å². The molecule has 0 atom stereocenters. The molecule has 0 aliphatic rings. The zero-order chi connectivity index (χ0) is 13.8. The van der Waals surface area contributed by atoms with Crippen molar-refractivity contribution in [3.8, 4) is 11.4 Å². The third-order valence-corrected chi connectivity index (χ3v) is 2.64. The minimum Gasteiger partial charge on any atom is -0.340 e. The maximum Gasteiger partial charge on any atom is 0.151 e. The van der Waals surface area contributed by atoms with E-state index in [9.17, 15) is 0 Å². The van der Waals surface area contributed by atoms with Crippen molar-refractivity contribution in [1.82, 2.24) is 14.5 Å². The Labute approximate surface area is 112 Å². The van der Waals surface area contributed by atoms with E-state index in [2.05, 4.69) is 33.2 Å². The van der Waals surface area contributed by atoms with E-state index in [1.54, 1.807) is 18.6 Å². The molecule has 0 saturated carbocycles. The van der Waals surface area contributed by atoms with E-state index in [1.165, 1.54) is 0 Å². The molecule has 5 nitrogen and oxygen atoms in total. The van der Waals surface area contributed by atoms with Crippen molar-refractivity contribution in [2.24, 2.45) is 17.0 Å². The van der Waals surface area contributed by atoms with Gasteiger partial charge in [-0.15, -0.1) is 0 Å². The fourth-order valence-corrected chi connectivity index (χ4v) is 1.67. The highest BCUT2D eigenvalue weighted by atomic mass is 15.0. The SMILES string of the molecule is C=CC(N=C)=Nc1c(C)ccnc1-c1cn(C)cn1. The van der Waals surface area contributed by atoms with Crippen molar-refractivity contribution in [1.29, 1.82) is 0 Å². The van der Waals surface area contributed by atoms with Gasteiger partial charge in [-0.1, -0.05) is 6.58 Å². The molecule has 2 aromatic rings. The lowest BCUT2D eigenvalue weighted by atomic mass is 10.1. The Morgan fingerprint density at radius 2 is 2.21 bits per heavy atom. The normalized spacial score (nSPS) is 11.4. The van der Waals surface area contributed by atoms with Gasteiger partial charge in [-0.2, -0.15) is 0 Å². The number of imidazole rings is 1. The summed E-state index contributed by atoms with van der Waals surface area (Å²) in [4.78, 5) is 16.9. The lowest BCUT2D eigenvalue weighted by molar-refractivity contribution is 0.913. The molecule has 0 aliphatic carbocycles. The van der Waals surface area contributed by atoms with Gasteiger partial charge >= 0.3 is 0 Å². The first kappa shape index (κ1) is 12.9. The Bertz CT molecular complexity index is 642. The third kappa shape index (κ3) is 2.65. The van der Waals surface area contributed by atoms with Crippen LogP contribution in [-0.2, 0) is 7.05 Å². The van der Waals surface area contributed by atoms with E-state index < -0.39 is 0 Å². The Morgan fingerprint density at radius 3 is 2.79 bits per heavy atom. The van der Waals surface area contributed by atoms with Gasteiger partial charge in [0.05, 0.1) is 12.0 Å². The number of aliphatic imine (C=N–C) groups is 2. The molecule has 5 heteroatoms. The van der Waals surface area contributed by atoms with Gasteiger partial charge in [0.15, 0.2) is 5.84 Å². The second-order valence-electron chi connectivity index (χ2n) is 4.08. The van der Waals surface area contributed by atoms with E-state index in [4.69, 9.17) is 0 Å². The van der Waals surface area contributed by atoms with Crippen molar-refractivity contribution >= 4 is 18.2 Å². The summed E-state index contributed by atoms with van der Waals surface area (Å²) in [5.41, 5.74) is 3.24. The Hall–Kier alpha value is -2.56. The standard InChI is InChI=1S/C14H15N5/c1-5-12(15-3)18-13-10(2)6-7-16-14(13)11-8-19(4)9-17-11/h5-9H,1,3H2,2,4H3. The van der Waals surface area contributed by atoms with E-state index >= 15 is 0 Å². The summed E-state index contributed by atoms with van der Waals surface area (Å²) < 4.78 is 1.87. The predicted octanol–water partition coefficient (Wildman–Crippen LogP) is 2.71. The highest BCUT2D eigenvalue weighted by Gasteiger charge is 2.11. The molecule has 0 aliphatic heterocycles. The monoisotopic (exact) mass is 253 g/mol. The number of aromatic nitrogens is 3. The van der Waals surface area contributed by atoms with E-state index in [1.807, 2.05) is 30.8 Å². The van der Waals surface area contributed by atoms with Crippen LogP contribution in [0.3, 0.4) is 0 Å². The molecule has 2 rings (SSSR count). The second-order valence-corrected chi connectivity index (χ2v) is 4.08. The maximum absolute atomic E-state index is 4.44. The fraction of sp³-hybridized carbons (Fsp3) is 0.143. The quantitative estimate of drug-likeness (QED) is 0.623. The second kappa shape index (κ2) is 5.39. The zero-order valence-electron chi connectivity index (χ0n) is 11.0. The molecule has 0 radical (unpaired) electrons. The molecule has 0 N–H and O–H groups in total. The summed E-state index contributed by atoms with van der Waals surface area (Å²) in [6, 6.07) is 1.90. The van der Waals surface area contributed by atoms with Crippen LogP contribution in [0.2, 0.25) is 0 Å². The molecule has 96 valence electrons. The van der Waals surface area contributed by atoms with Crippen LogP contribution >= 0.6 is 0 Å². The molecule has 0 saturated heterocycles. The lowest BCUT2D eigenvalue weighted by Gasteiger charge is -2.05. The van der Waals surface area contributed by atoms with Crippen molar-refractivity contribution in [3.63, 3.8) is 0 Å². The Balaban J connectivity index is 2.62. The van der Waals surface area contributed by atoms with Crippen LogP contribution in [0, 0.1) is 6.92 Å². The third-order valence-electron chi connectivity index (χ3n) is 2.64. The maximum atomic E-state index is 4.44. The number of pyridine rings is 1. The van der Waals surface area contributed by atoms with Crippen molar-refractivity contribution < 1.29 is 0 Å². The summed E-state index contributed by atoms with van der Waals surface area (Å²) in [5.74, 6) is 0.466. The molecule has 0 fully saturated rings. The minimum atomic E-state index is 0.466. The van der Waals surface area contributed by atoms with Crippen LogP contribution in [-0.4, -0.2) is 27.1 Å². The van der Waals surface area contributed by atoms with Crippen LogP contribution in [0.1, 0.15) is 5.56 Å². The molecular formula is C14H15N5. The molecule has 0 amide bonds. The minimum absolute atomic E-state index is 0.466. The summed E-state index contributed by atoms with van der Waals surface area (Å²) in [7, 11) is 1.91. The first-order chi connectivity index (χ1) is 9.15. The first-order valence-electron chi connectivity index (χ1n) is 5.77. The molecule has 0 aromatic carbocycles. The van der Waals surface area contributed by atoms with E-state index in [0.29, 0.717) is 5.84 Å². The summed E-state index contributed by atoms with van der Waals surface area (Å²) in [6.07, 6.45) is 6.93. The molecular weight excluding hydrogens is 238 g/mol. The van der Waals surface area contributed by atoms with Gasteiger partial charge in [0.2, 0.25) is 0 Å². The van der Waals surface area contributed by atoms with Crippen molar-refractivity contribution in [2.45, 2.75) is 6.92 Å². The van der Waals surface area contributed by atoms with Gasteiger partial charge < -0.3 is 4.57 Å². The lowest BCUT2D eigenvalue weighted by Crippen LogP contribution is -1.91. The smallest absolute Gasteiger partial charge is 0.151 e. The Morgan fingerprint density at radius 1 is 1.42 bits per heavy atom. The molecule has 0 unspecified atom stereocenters. The number of hydrogen-bond donors (Lipinski definition) is 0. The number of hydrogen-bond acceptors (Lipinski definition) is 3. The average Bonchev–Trinajstić information content (AvgIpc) is 2.84. The van der Waals surface area contributed by atoms with Gasteiger partial charge in [0, 0.05) is 19.4 Å². The number of rotatable bonds is 3. The fourth-order valence-electron chi connectivity index (χ4n) is 1.67. The highest BCUT2D eigenvalue weighted by molar-refractivity contribution is 5.98. The summed E-state index contributed by atoms with van der Waals surface area (Å²) in [6.45, 7) is 9.10. The van der Waals surface area contributed by atoms with Gasteiger partial charge in [0.25, 0.3) is 0 Å².